The van der Waals surface area contributed by atoms with Crippen molar-refractivity contribution in [3.8, 4) is 11.5 Å². The third kappa shape index (κ3) is 6.53. The van der Waals surface area contributed by atoms with Crippen molar-refractivity contribution in [2.45, 2.75) is 101 Å². The summed E-state index contributed by atoms with van der Waals surface area (Å²) in [4.78, 5) is 19.9. The van der Waals surface area contributed by atoms with Crippen molar-refractivity contribution < 1.29 is 19.4 Å². The van der Waals surface area contributed by atoms with Gasteiger partial charge in [0.25, 0.3) is 0 Å². The zero-order valence-electron chi connectivity index (χ0n) is 28.6. The highest BCUT2D eigenvalue weighted by atomic mass is 35.5. The van der Waals surface area contributed by atoms with Crippen molar-refractivity contribution in [3.63, 3.8) is 0 Å². The molecular formula is C40H50ClN3O4. The van der Waals surface area contributed by atoms with E-state index in [4.69, 9.17) is 21.1 Å². The van der Waals surface area contributed by atoms with Crippen LogP contribution < -0.4 is 14.8 Å². The van der Waals surface area contributed by atoms with Gasteiger partial charge in [-0.25, -0.2) is 4.79 Å². The topological polar surface area (TPSA) is 83.9 Å². The number of nitrogens with one attached hydrogen (secondary N) is 1. The van der Waals surface area contributed by atoms with Crippen LogP contribution in [-0.4, -0.2) is 59.3 Å². The summed E-state index contributed by atoms with van der Waals surface area (Å²) < 4.78 is 13.1. The number of anilines is 1. The van der Waals surface area contributed by atoms with Gasteiger partial charge in [0.15, 0.2) is 0 Å². The van der Waals surface area contributed by atoms with Gasteiger partial charge in [0.05, 0.1) is 6.61 Å². The number of hydrogen-bond donors (Lipinski definition) is 2. The molecule has 4 aliphatic rings. The smallest absolute Gasteiger partial charge is 0.329 e. The first-order valence-corrected chi connectivity index (χ1v) is 18.4. The van der Waals surface area contributed by atoms with Crippen LogP contribution in [0.5, 0.6) is 11.5 Å². The monoisotopic (exact) mass is 671 g/mol. The average molecular weight is 672 g/mol. The van der Waals surface area contributed by atoms with Crippen LogP contribution in [0.2, 0.25) is 5.02 Å². The first kappa shape index (κ1) is 33.2. The van der Waals surface area contributed by atoms with Crippen LogP contribution in [0.1, 0.15) is 93.5 Å². The van der Waals surface area contributed by atoms with Crippen LogP contribution in [-0.2, 0) is 23.1 Å². The molecule has 2 N–H and O–H groups in total. The Morgan fingerprint density at radius 2 is 1.98 bits per heavy atom. The molecule has 0 bridgehead atoms. The van der Waals surface area contributed by atoms with Gasteiger partial charge in [-0.3, -0.25) is 4.98 Å². The van der Waals surface area contributed by atoms with E-state index in [9.17, 15) is 9.90 Å². The highest BCUT2D eigenvalue weighted by Gasteiger charge is 2.54. The largest absolute Gasteiger partial charge is 0.493 e. The van der Waals surface area contributed by atoms with E-state index in [0.29, 0.717) is 42.2 Å². The number of aryl methyl sites for hydroxylation is 1. The summed E-state index contributed by atoms with van der Waals surface area (Å²) in [5.74, 6) is 2.34. The summed E-state index contributed by atoms with van der Waals surface area (Å²) in [6, 6.07) is 16.2. The standard InChI is InChI=1S/C40H50ClN3O4/c1-26(25-47-36-12-18-42-35-9-4-6-27(2)37(35)36)20-29-21-28-10-11-32(48-33-13-19-44(3)24-33)23-34(28)39(29)14-16-40(17-15-39,38(45)46)43-31-8-5-7-30(41)22-31/h5,7-8,10-12,18,22-23,26-27,29,33,43H,4,6,9,13-17,19-21,24-25H2,1-3H3,(H,45,46)/t26-,27-,29?,33-,39?,40?/m1/s1. The van der Waals surface area contributed by atoms with E-state index in [1.165, 1.54) is 35.2 Å². The maximum atomic E-state index is 13.0. The van der Waals surface area contributed by atoms with E-state index in [0.717, 1.165) is 68.8 Å². The van der Waals surface area contributed by atoms with Crippen LogP contribution in [0, 0.1) is 11.8 Å². The maximum absolute atomic E-state index is 13.0. The molecule has 4 atom stereocenters. The molecular weight excluding hydrogens is 622 g/mol. The van der Waals surface area contributed by atoms with Crippen LogP contribution in [0.4, 0.5) is 5.69 Å². The van der Waals surface area contributed by atoms with Gasteiger partial charge in [-0.1, -0.05) is 37.6 Å². The molecule has 0 amide bonds. The van der Waals surface area contributed by atoms with Gasteiger partial charge in [0.2, 0.25) is 0 Å². The Balaban J connectivity index is 1.13. The summed E-state index contributed by atoms with van der Waals surface area (Å²) in [5.41, 5.74) is 4.83. The molecule has 3 aromatic rings. The number of carboxylic acid groups (broad SMARTS) is 1. The maximum Gasteiger partial charge on any atom is 0.329 e. The number of pyridine rings is 1. The number of benzene rings is 2. The number of rotatable bonds is 10. The molecule has 256 valence electrons. The lowest BCUT2D eigenvalue weighted by Crippen LogP contribution is -2.53. The molecule has 2 fully saturated rings. The SMILES string of the molecule is C[C@@H](COc1ccnc2c1[C@H](C)CCC2)CC1Cc2ccc(O[C@@H]3CCN(C)C3)cc2C12CCC(Nc1cccc(Cl)c1)(C(=O)O)CC2. The number of aliphatic carboxylic acids is 1. The number of likely N-dealkylation sites (N-methyl/N-ethyl adjacent to an activating group) is 1. The Kier molecular flexibility index (Phi) is 9.38. The fourth-order valence-corrected chi connectivity index (χ4v) is 9.52. The fourth-order valence-electron chi connectivity index (χ4n) is 9.33. The minimum absolute atomic E-state index is 0.116. The van der Waals surface area contributed by atoms with E-state index in [2.05, 4.69) is 54.3 Å². The lowest BCUT2D eigenvalue weighted by atomic mass is 9.59. The third-order valence-corrected chi connectivity index (χ3v) is 12.2. The van der Waals surface area contributed by atoms with Gasteiger partial charge in [-0.2, -0.15) is 0 Å². The van der Waals surface area contributed by atoms with Gasteiger partial charge in [-0.15, -0.1) is 0 Å². The Bertz CT molecular complexity index is 1640. The van der Waals surface area contributed by atoms with Crippen molar-refractivity contribution in [1.29, 1.82) is 0 Å². The second kappa shape index (κ2) is 13.5. The first-order chi connectivity index (χ1) is 23.1. The number of aromatic nitrogens is 1. The number of hydrogen-bond acceptors (Lipinski definition) is 6. The van der Waals surface area contributed by atoms with Gasteiger partial charge < -0.3 is 24.8 Å². The molecule has 3 aliphatic carbocycles. The van der Waals surface area contributed by atoms with Gasteiger partial charge in [-0.05, 0) is 142 Å². The van der Waals surface area contributed by atoms with E-state index >= 15 is 0 Å². The molecule has 0 radical (unpaired) electrons. The molecule has 48 heavy (non-hydrogen) atoms. The van der Waals surface area contributed by atoms with Crippen LogP contribution in [0.15, 0.2) is 54.7 Å². The van der Waals surface area contributed by atoms with Crippen molar-refractivity contribution in [1.82, 2.24) is 9.88 Å². The van der Waals surface area contributed by atoms with E-state index in [1.807, 2.05) is 36.5 Å². The van der Waals surface area contributed by atoms with Crippen molar-refractivity contribution >= 4 is 23.3 Å². The van der Waals surface area contributed by atoms with Crippen molar-refractivity contribution in [2.24, 2.45) is 11.8 Å². The lowest BCUT2D eigenvalue weighted by molar-refractivity contribution is -0.144. The quantitative estimate of drug-likeness (QED) is 0.224. The number of carbonyl (C=O) groups is 1. The molecule has 1 spiro atoms. The lowest BCUT2D eigenvalue weighted by Gasteiger charge is -2.47. The number of nitrogens with zero attached hydrogens (tertiary/aromatic N) is 2. The summed E-state index contributed by atoms with van der Waals surface area (Å²) in [7, 11) is 2.15. The normalized spacial score (nSPS) is 28.9. The molecule has 1 aliphatic heterocycles. The van der Waals surface area contributed by atoms with E-state index in [1.54, 1.807) is 0 Å². The summed E-state index contributed by atoms with van der Waals surface area (Å²) in [5, 5.41) is 14.6. The molecule has 8 heteroatoms. The molecule has 1 saturated carbocycles. The Labute approximate surface area is 290 Å². The zero-order chi connectivity index (χ0) is 33.5. The van der Waals surface area contributed by atoms with Crippen molar-refractivity contribution in [3.05, 3.63) is 82.1 Å². The summed E-state index contributed by atoms with van der Waals surface area (Å²) >= 11 is 6.28. The van der Waals surface area contributed by atoms with Crippen LogP contribution in [0.3, 0.4) is 0 Å². The molecule has 1 unspecified atom stereocenters. The molecule has 7 rings (SSSR count). The van der Waals surface area contributed by atoms with Gasteiger partial charge >= 0.3 is 5.97 Å². The van der Waals surface area contributed by atoms with E-state index < -0.39 is 11.5 Å². The Morgan fingerprint density at radius 1 is 1.15 bits per heavy atom. The van der Waals surface area contributed by atoms with E-state index in [-0.39, 0.29) is 11.5 Å². The minimum Gasteiger partial charge on any atom is -0.493 e. The third-order valence-electron chi connectivity index (χ3n) is 11.9. The fraction of sp³-hybridized carbons (Fsp3) is 0.550. The molecule has 2 heterocycles. The second-order valence-corrected chi connectivity index (χ2v) is 15.7. The molecule has 1 saturated heterocycles. The van der Waals surface area contributed by atoms with Gasteiger partial charge in [0, 0.05) is 41.3 Å². The van der Waals surface area contributed by atoms with Gasteiger partial charge in [0.1, 0.15) is 23.1 Å². The summed E-state index contributed by atoms with van der Waals surface area (Å²) in [6.45, 7) is 7.26. The Hall–Kier alpha value is -3.29. The number of carboxylic acids is 1. The first-order valence-electron chi connectivity index (χ1n) is 18.0. The van der Waals surface area contributed by atoms with Crippen LogP contribution in [0.25, 0.3) is 0 Å². The molecule has 7 nitrogen and oxygen atoms in total. The average Bonchev–Trinajstić information content (AvgIpc) is 3.60. The number of halogens is 1. The number of ether oxygens (including phenoxy) is 2. The summed E-state index contributed by atoms with van der Waals surface area (Å²) in [6.07, 6.45) is 11.2. The predicted octanol–water partition coefficient (Wildman–Crippen LogP) is 8.28. The second-order valence-electron chi connectivity index (χ2n) is 15.3. The molecule has 1 aromatic heterocycles. The Morgan fingerprint density at radius 3 is 2.73 bits per heavy atom. The van der Waals surface area contributed by atoms with Crippen LogP contribution >= 0.6 is 11.6 Å². The predicted molar refractivity (Wildman–Crippen MR) is 191 cm³/mol. The van der Waals surface area contributed by atoms with Crippen molar-refractivity contribution in [2.75, 3.05) is 32.1 Å². The molecule has 2 aromatic carbocycles. The minimum atomic E-state index is -1.04. The highest BCUT2D eigenvalue weighted by Crippen LogP contribution is 2.57. The number of fused-ring (bicyclic) bond motifs is 3. The number of likely N-dealkylation sites (tertiary alicyclic amines) is 1. The highest BCUT2D eigenvalue weighted by molar-refractivity contribution is 6.30. The zero-order valence-corrected chi connectivity index (χ0v) is 29.4.